The molecule has 7 nitrogen and oxygen atoms in total. The molecule has 0 saturated heterocycles. The minimum Gasteiger partial charge on any atom is -0.497 e. The highest BCUT2D eigenvalue weighted by atomic mass is 35.5. The average molecular weight is 444 g/mol. The van der Waals surface area contributed by atoms with Crippen LogP contribution in [0.5, 0.6) is 11.5 Å². The monoisotopic (exact) mass is 443 g/mol. The minimum absolute atomic E-state index is 0.0684. The first-order valence-corrected chi connectivity index (χ1v) is 10.3. The lowest BCUT2D eigenvalue weighted by molar-refractivity contribution is -0.136. The Hall–Kier alpha value is -3.06. The predicted octanol–water partition coefficient (Wildman–Crippen LogP) is 4.83. The number of aryl methyl sites for hydroxylation is 2. The van der Waals surface area contributed by atoms with Crippen LogP contribution in [0.4, 0.5) is 0 Å². The van der Waals surface area contributed by atoms with Crippen molar-refractivity contribution in [1.82, 2.24) is 15.0 Å². The van der Waals surface area contributed by atoms with Crippen LogP contribution < -0.4 is 9.47 Å². The number of halogens is 1. The summed E-state index contributed by atoms with van der Waals surface area (Å²) in [6.07, 6.45) is 0. The smallest absolute Gasteiger partial charge is 0.261 e. The second-order valence-electron chi connectivity index (χ2n) is 7.52. The minimum atomic E-state index is -0.176. The third-order valence-electron chi connectivity index (χ3n) is 4.84. The fraction of sp³-hybridized carbons (Fsp3) is 0.348. The maximum atomic E-state index is 12.8. The van der Waals surface area contributed by atoms with Crippen LogP contribution in [0.3, 0.4) is 0 Å². The van der Waals surface area contributed by atoms with Gasteiger partial charge in [0.15, 0.2) is 6.61 Å². The molecule has 0 spiro atoms. The van der Waals surface area contributed by atoms with Gasteiger partial charge in [-0.2, -0.15) is 4.98 Å². The first-order chi connectivity index (χ1) is 14.8. The van der Waals surface area contributed by atoms with Crippen molar-refractivity contribution in [2.75, 3.05) is 13.7 Å². The van der Waals surface area contributed by atoms with E-state index in [1.807, 2.05) is 64.1 Å². The molecule has 0 N–H and O–H groups in total. The number of carbonyl (C=O) groups is 1. The molecule has 3 rings (SSSR count). The number of hydrogen-bond acceptors (Lipinski definition) is 6. The van der Waals surface area contributed by atoms with Crippen molar-refractivity contribution in [1.29, 1.82) is 0 Å². The van der Waals surface area contributed by atoms with E-state index in [0.29, 0.717) is 22.5 Å². The number of nitrogens with zero attached hydrogens (tertiary/aromatic N) is 3. The van der Waals surface area contributed by atoms with Crippen molar-refractivity contribution in [2.24, 2.45) is 0 Å². The number of ether oxygens (including phenoxy) is 2. The molecule has 0 atom stereocenters. The second kappa shape index (κ2) is 9.83. The van der Waals surface area contributed by atoms with E-state index >= 15 is 0 Å². The van der Waals surface area contributed by atoms with Crippen molar-refractivity contribution in [2.45, 2.75) is 40.3 Å². The molecule has 1 amide bonds. The van der Waals surface area contributed by atoms with Gasteiger partial charge in [0, 0.05) is 16.6 Å². The summed E-state index contributed by atoms with van der Waals surface area (Å²) in [7, 11) is 1.61. The molecule has 0 aliphatic rings. The Bertz CT molecular complexity index is 1020. The lowest BCUT2D eigenvalue weighted by atomic mass is 10.1. The summed E-state index contributed by atoms with van der Waals surface area (Å²) in [5.41, 5.74) is 2.61. The maximum absolute atomic E-state index is 12.8. The SMILES string of the molecule is COc1ccc(-c2noc(CN(C(=O)COc3cc(C)c(Cl)c(C)c3)C(C)C)n2)cc1. The summed E-state index contributed by atoms with van der Waals surface area (Å²) >= 11 is 6.20. The molecular weight excluding hydrogens is 418 g/mol. The lowest BCUT2D eigenvalue weighted by Crippen LogP contribution is -2.39. The van der Waals surface area contributed by atoms with E-state index in [-0.39, 0.29) is 25.1 Å². The summed E-state index contributed by atoms with van der Waals surface area (Å²) in [5, 5.41) is 4.73. The van der Waals surface area contributed by atoms with Crippen LogP contribution >= 0.6 is 11.6 Å². The summed E-state index contributed by atoms with van der Waals surface area (Å²) in [6.45, 7) is 7.76. The zero-order chi connectivity index (χ0) is 22.5. The molecule has 0 aliphatic heterocycles. The Kier molecular flexibility index (Phi) is 7.17. The second-order valence-corrected chi connectivity index (χ2v) is 7.89. The van der Waals surface area contributed by atoms with Crippen molar-refractivity contribution in [3.05, 3.63) is 58.4 Å². The van der Waals surface area contributed by atoms with Gasteiger partial charge in [0.1, 0.15) is 18.0 Å². The zero-order valence-electron chi connectivity index (χ0n) is 18.3. The van der Waals surface area contributed by atoms with Gasteiger partial charge in [-0.25, -0.2) is 0 Å². The summed E-state index contributed by atoms with van der Waals surface area (Å²) in [4.78, 5) is 18.9. The van der Waals surface area contributed by atoms with Gasteiger partial charge in [0.2, 0.25) is 11.7 Å². The van der Waals surface area contributed by atoms with Gasteiger partial charge in [-0.3, -0.25) is 4.79 Å². The molecule has 1 heterocycles. The molecule has 0 fully saturated rings. The van der Waals surface area contributed by atoms with Crippen LogP contribution in [-0.2, 0) is 11.3 Å². The average Bonchev–Trinajstić information content (AvgIpc) is 3.22. The van der Waals surface area contributed by atoms with Gasteiger partial charge in [-0.15, -0.1) is 0 Å². The molecule has 0 bridgehead atoms. The van der Waals surface area contributed by atoms with E-state index in [2.05, 4.69) is 10.1 Å². The summed E-state index contributed by atoms with van der Waals surface area (Å²) in [6, 6.07) is 10.9. The molecule has 164 valence electrons. The molecule has 31 heavy (non-hydrogen) atoms. The molecular formula is C23H26ClN3O4. The van der Waals surface area contributed by atoms with E-state index < -0.39 is 0 Å². The summed E-state index contributed by atoms with van der Waals surface area (Å²) < 4.78 is 16.3. The van der Waals surface area contributed by atoms with E-state index in [0.717, 1.165) is 22.4 Å². The van der Waals surface area contributed by atoms with Crippen LogP contribution in [0, 0.1) is 13.8 Å². The number of rotatable bonds is 8. The highest BCUT2D eigenvalue weighted by Crippen LogP contribution is 2.26. The number of hydrogen-bond donors (Lipinski definition) is 0. The molecule has 8 heteroatoms. The van der Waals surface area contributed by atoms with Gasteiger partial charge in [0.05, 0.1) is 7.11 Å². The van der Waals surface area contributed by atoms with Crippen LogP contribution in [0.2, 0.25) is 5.02 Å². The van der Waals surface area contributed by atoms with Crippen molar-refractivity contribution in [3.8, 4) is 22.9 Å². The van der Waals surface area contributed by atoms with Gasteiger partial charge in [0.25, 0.3) is 5.91 Å². The number of amides is 1. The zero-order valence-corrected chi connectivity index (χ0v) is 19.1. The van der Waals surface area contributed by atoms with E-state index in [1.54, 1.807) is 12.0 Å². The molecule has 1 aromatic heterocycles. The quantitative estimate of drug-likeness (QED) is 0.496. The van der Waals surface area contributed by atoms with Crippen molar-refractivity contribution < 1.29 is 18.8 Å². The Morgan fingerprint density at radius 2 is 1.77 bits per heavy atom. The van der Waals surface area contributed by atoms with E-state index in [1.165, 1.54) is 0 Å². The van der Waals surface area contributed by atoms with Crippen LogP contribution in [0.15, 0.2) is 40.9 Å². The van der Waals surface area contributed by atoms with E-state index in [4.69, 9.17) is 25.6 Å². The Balaban J connectivity index is 1.66. The standard InChI is InChI=1S/C23H26ClN3O4/c1-14(2)27(21(28)13-30-19-10-15(3)22(24)16(4)11-19)12-20-25-23(26-31-20)17-6-8-18(29-5)9-7-17/h6-11,14H,12-13H2,1-5H3. The number of methoxy groups -OCH3 is 1. The summed E-state index contributed by atoms with van der Waals surface area (Å²) in [5.74, 6) is 1.99. The molecule has 0 unspecified atom stereocenters. The third kappa shape index (κ3) is 5.55. The van der Waals surface area contributed by atoms with Crippen LogP contribution in [0.25, 0.3) is 11.4 Å². The molecule has 2 aromatic carbocycles. The van der Waals surface area contributed by atoms with Gasteiger partial charge in [-0.1, -0.05) is 16.8 Å². The number of aromatic nitrogens is 2. The number of benzene rings is 2. The Morgan fingerprint density at radius 3 is 2.35 bits per heavy atom. The Morgan fingerprint density at radius 1 is 1.13 bits per heavy atom. The predicted molar refractivity (Wildman–Crippen MR) is 118 cm³/mol. The fourth-order valence-electron chi connectivity index (χ4n) is 3.10. The molecule has 0 radical (unpaired) electrons. The van der Waals surface area contributed by atoms with Crippen molar-refractivity contribution in [3.63, 3.8) is 0 Å². The normalized spacial score (nSPS) is 10.9. The van der Waals surface area contributed by atoms with E-state index in [9.17, 15) is 4.79 Å². The number of carbonyl (C=O) groups excluding carboxylic acids is 1. The Labute approximate surface area is 186 Å². The van der Waals surface area contributed by atoms with Crippen LogP contribution in [-0.4, -0.2) is 40.7 Å². The highest BCUT2D eigenvalue weighted by Gasteiger charge is 2.21. The molecule has 3 aromatic rings. The first-order valence-electron chi connectivity index (χ1n) is 9.94. The molecule has 0 aliphatic carbocycles. The lowest BCUT2D eigenvalue weighted by Gasteiger charge is -2.25. The van der Waals surface area contributed by atoms with Crippen LogP contribution in [0.1, 0.15) is 30.9 Å². The van der Waals surface area contributed by atoms with Gasteiger partial charge < -0.3 is 18.9 Å². The van der Waals surface area contributed by atoms with Gasteiger partial charge >= 0.3 is 0 Å². The fourth-order valence-corrected chi connectivity index (χ4v) is 3.21. The largest absolute Gasteiger partial charge is 0.497 e. The maximum Gasteiger partial charge on any atom is 0.261 e. The first kappa shape index (κ1) is 22.6. The van der Waals surface area contributed by atoms with Crippen molar-refractivity contribution >= 4 is 17.5 Å². The van der Waals surface area contributed by atoms with Gasteiger partial charge in [-0.05, 0) is 75.2 Å². The third-order valence-corrected chi connectivity index (χ3v) is 5.43. The molecule has 0 saturated carbocycles. The highest BCUT2D eigenvalue weighted by molar-refractivity contribution is 6.32. The topological polar surface area (TPSA) is 77.7 Å².